The molecule has 116 valence electrons. The zero-order valence-corrected chi connectivity index (χ0v) is 13.5. The second-order valence-corrected chi connectivity index (χ2v) is 6.04. The standard InChI is InChI=1S/C20H19NO2/c1-12(2)14-8-10-15(11-9-14)21-13(3)18-19(22)16-6-4-5-7-17(16)20(18)23/h4-12,22H,1-3H3. The molecule has 2 aromatic carbocycles. The highest BCUT2D eigenvalue weighted by atomic mass is 16.3. The maximum atomic E-state index is 12.5. The third-order valence-electron chi connectivity index (χ3n) is 4.11. The van der Waals surface area contributed by atoms with Crippen molar-refractivity contribution in [3.8, 4) is 0 Å². The Hall–Kier alpha value is -2.68. The van der Waals surface area contributed by atoms with E-state index in [-0.39, 0.29) is 11.5 Å². The molecule has 0 unspecified atom stereocenters. The lowest BCUT2D eigenvalue weighted by Gasteiger charge is -2.06. The topological polar surface area (TPSA) is 49.7 Å². The van der Waals surface area contributed by atoms with Crippen LogP contribution in [0.4, 0.5) is 5.69 Å². The molecule has 0 aliphatic heterocycles. The smallest absolute Gasteiger partial charge is 0.199 e. The van der Waals surface area contributed by atoms with Gasteiger partial charge in [0.25, 0.3) is 0 Å². The maximum absolute atomic E-state index is 12.5. The SMILES string of the molecule is CC(=Nc1ccc(C(C)C)cc1)C1=C(O)c2ccccc2C1=O. The highest BCUT2D eigenvalue weighted by Gasteiger charge is 2.30. The third-order valence-corrected chi connectivity index (χ3v) is 4.11. The van der Waals surface area contributed by atoms with Crippen LogP contribution in [0.1, 0.15) is 48.2 Å². The minimum atomic E-state index is -0.168. The van der Waals surface area contributed by atoms with Crippen LogP contribution in [0.15, 0.2) is 59.1 Å². The monoisotopic (exact) mass is 305 g/mol. The Morgan fingerprint density at radius 1 is 1.00 bits per heavy atom. The molecule has 0 bridgehead atoms. The Balaban J connectivity index is 1.96. The van der Waals surface area contributed by atoms with E-state index in [2.05, 4.69) is 18.8 Å². The van der Waals surface area contributed by atoms with E-state index in [4.69, 9.17) is 0 Å². The third kappa shape index (κ3) is 2.70. The Morgan fingerprint density at radius 3 is 2.17 bits per heavy atom. The number of fused-ring (bicyclic) bond motifs is 1. The van der Waals surface area contributed by atoms with Crippen molar-refractivity contribution < 1.29 is 9.90 Å². The molecule has 0 heterocycles. The summed E-state index contributed by atoms with van der Waals surface area (Å²) in [4.78, 5) is 17.0. The van der Waals surface area contributed by atoms with Crippen molar-refractivity contribution in [2.75, 3.05) is 0 Å². The lowest BCUT2D eigenvalue weighted by molar-refractivity contribution is 0.104. The number of hydrogen-bond acceptors (Lipinski definition) is 3. The number of nitrogens with zero attached hydrogens (tertiary/aromatic N) is 1. The molecular weight excluding hydrogens is 286 g/mol. The van der Waals surface area contributed by atoms with Crippen molar-refractivity contribution >= 4 is 22.9 Å². The summed E-state index contributed by atoms with van der Waals surface area (Å²) in [5, 5.41) is 10.4. The molecule has 0 atom stereocenters. The van der Waals surface area contributed by atoms with Crippen molar-refractivity contribution in [3.05, 3.63) is 70.8 Å². The molecule has 2 aromatic rings. The van der Waals surface area contributed by atoms with Gasteiger partial charge >= 0.3 is 0 Å². The summed E-state index contributed by atoms with van der Waals surface area (Å²) in [5.74, 6) is 0.315. The van der Waals surface area contributed by atoms with Gasteiger partial charge in [0.1, 0.15) is 5.76 Å². The van der Waals surface area contributed by atoms with Gasteiger partial charge in [0, 0.05) is 11.1 Å². The average molecular weight is 305 g/mol. The van der Waals surface area contributed by atoms with E-state index in [1.807, 2.05) is 30.3 Å². The number of benzene rings is 2. The Morgan fingerprint density at radius 2 is 1.61 bits per heavy atom. The van der Waals surface area contributed by atoms with Crippen LogP contribution in [0.25, 0.3) is 5.76 Å². The Bertz CT molecular complexity index is 827. The van der Waals surface area contributed by atoms with E-state index in [1.165, 1.54) is 5.56 Å². The number of rotatable bonds is 3. The fourth-order valence-corrected chi connectivity index (χ4v) is 2.78. The highest BCUT2D eigenvalue weighted by Crippen LogP contribution is 2.32. The summed E-state index contributed by atoms with van der Waals surface area (Å²) in [6, 6.07) is 15.0. The number of aliphatic hydroxyl groups excluding tert-OH is 1. The number of ketones is 1. The van der Waals surface area contributed by atoms with E-state index in [1.54, 1.807) is 25.1 Å². The van der Waals surface area contributed by atoms with Crippen LogP contribution in [0, 0.1) is 0 Å². The van der Waals surface area contributed by atoms with Gasteiger partial charge in [0.2, 0.25) is 0 Å². The molecule has 0 saturated heterocycles. The molecular formula is C20H19NO2. The van der Waals surface area contributed by atoms with E-state index >= 15 is 0 Å². The van der Waals surface area contributed by atoms with Gasteiger partial charge in [-0.15, -0.1) is 0 Å². The van der Waals surface area contributed by atoms with E-state index in [0.717, 1.165) is 5.69 Å². The molecule has 0 amide bonds. The number of Topliss-reactive ketones (excluding diaryl/α,β-unsaturated/α-hetero) is 1. The van der Waals surface area contributed by atoms with Crippen molar-refractivity contribution in [2.45, 2.75) is 26.7 Å². The molecule has 0 saturated carbocycles. The average Bonchev–Trinajstić information content (AvgIpc) is 2.80. The van der Waals surface area contributed by atoms with E-state index in [9.17, 15) is 9.90 Å². The summed E-state index contributed by atoms with van der Waals surface area (Å²) in [7, 11) is 0. The second-order valence-electron chi connectivity index (χ2n) is 6.04. The van der Waals surface area contributed by atoms with E-state index in [0.29, 0.717) is 28.3 Å². The first kappa shape index (κ1) is 15.2. The molecule has 1 N–H and O–H groups in total. The van der Waals surface area contributed by atoms with Crippen LogP contribution >= 0.6 is 0 Å². The van der Waals surface area contributed by atoms with Gasteiger partial charge in [-0.1, -0.05) is 50.2 Å². The summed E-state index contributed by atoms with van der Waals surface area (Å²) < 4.78 is 0. The summed E-state index contributed by atoms with van der Waals surface area (Å²) in [6.45, 7) is 6.03. The Kier molecular flexibility index (Phi) is 3.87. The normalized spacial score (nSPS) is 14.6. The minimum Gasteiger partial charge on any atom is -0.506 e. The van der Waals surface area contributed by atoms with E-state index < -0.39 is 0 Å². The lowest BCUT2D eigenvalue weighted by atomic mass is 10.0. The molecule has 0 radical (unpaired) electrons. The molecule has 1 aliphatic carbocycles. The molecule has 3 nitrogen and oxygen atoms in total. The zero-order valence-electron chi connectivity index (χ0n) is 13.5. The number of aliphatic hydroxyl groups is 1. The summed E-state index contributed by atoms with van der Waals surface area (Å²) in [6.07, 6.45) is 0. The zero-order chi connectivity index (χ0) is 16.6. The van der Waals surface area contributed by atoms with Crippen molar-refractivity contribution in [2.24, 2.45) is 4.99 Å². The molecule has 1 aliphatic rings. The maximum Gasteiger partial charge on any atom is 0.199 e. The van der Waals surface area contributed by atoms with Crippen LogP contribution < -0.4 is 0 Å². The molecule has 23 heavy (non-hydrogen) atoms. The highest BCUT2D eigenvalue weighted by molar-refractivity contribution is 6.35. The first-order valence-electron chi connectivity index (χ1n) is 7.72. The van der Waals surface area contributed by atoms with Gasteiger partial charge in [-0.25, -0.2) is 0 Å². The number of carbonyl (C=O) groups excluding carboxylic acids is 1. The molecule has 3 heteroatoms. The fraction of sp³-hybridized carbons (Fsp3) is 0.200. The van der Waals surface area contributed by atoms with Gasteiger partial charge in [-0.05, 0) is 30.5 Å². The predicted octanol–water partition coefficient (Wildman–Crippen LogP) is 5.07. The van der Waals surface area contributed by atoms with Crippen LogP contribution in [0.2, 0.25) is 0 Å². The Labute approximate surface area is 136 Å². The second kappa shape index (κ2) is 5.84. The van der Waals surface area contributed by atoms with Gasteiger partial charge in [0.15, 0.2) is 5.78 Å². The quantitative estimate of drug-likeness (QED) is 0.805. The van der Waals surface area contributed by atoms with Crippen molar-refractivity contribution in [1.29, 1.82) is 0 Å². The van der Waals surface area contributed by atoms with Crippen molar-refractivity contribution in [1.82, 2.24) is 0 Å². The largest absolute Gasteiger partial charge is 0.506 e. The van der Waals surface area contributed by atoms with Crippen LogP contribution in [0.5, 0.6) is 0 Å². The number of aliphatic imine (C=N–C) groups is 1. The number of allylic oxidation sites excluding steroid dienone is 1. The first-order valence-corrected chi connectivity index (χ1v) is 7.72. The van der Waals surface area contributed by atoms with Crippen LogP contribution in [0.3, 0.4) is 0 Å². The molecule has 0 spiro atoms. The summed E-state index contributed by atoms with van der Waals surface area (Å²) in [5.41, 5.74) is 3.95. The molecule has 0 fully saturated rings. The lowest BCUT2D eigenvalue weighted by Crippen LogP contribution is -2.07. The minimum absolute atomic E-state index is 0.0191. The summed E-state index contributed by atoms with van der Waals surface area (Å²) >= 11 is 0. The first-order chi connectivity index (χ1) is 11.0. The molecule has 3 rings (SSSR count). The van der Waals surface area contributed by atoms with Crippen molar-refractivity contribution in [3.63, 3.8) is 0 Å². The van der Waals surface area contributed by atoms with Crippen LogP contribution in [-0.2, 0) is 0 Å². The molecule has 0 aromatic heterocycles. The number of carbonyl (C=O) groups is 1. The fourth-order valence-electron chi connectivity index (χ4n) is 2.78. The van der Waals surface area contributed by atoms with Gasteiger partial charge < -0.3 is 5.11 Å². The van der Waals surface area contributed by atoms with Gasteiger partial charge in [0.05, 0.1) is 17.0 Å². The van der Waals surface area contributed by atoms with Crippen LogP contribution in [-0.4, -0.2) is 16.6 Å². The predicted molar refractivity (Wildman–Crippen MR) is 93.6 cm³/mol. The number of hydrogen-bond donors (Lipinski definition) is 1. The van der Waals surface area contributed by atoms with Gasteiger partial charge in [-0.3, -0.25) is 9.79 Å². The van der Waals surface area contributed by atoms with Gasteiger partial charge in [-0.2, -0.15) is 0 Å².